The number of aryl methyl sites for hydroxylation is 2. The van der Waals surface area contributed by atoms with Crippen molar-refractivity contribution in [3.8, 4) is 0 Å². The number of aliphatic hydroxyl groups is 1. The van der Waals surface area contributed by atoms with Gasteiger partial charge in [-0.3, -0.25) is 4.68 Å². The summed E-state index contributed by atoms with van der Waals surface area (Å²) < 4.78 is 1.76. The Hall–Kier alpha value is -1.81. The maximum absolute atomic E-state index is 8.89. The van der Waals surface area contributed by atoms with Crippen molar-refractivity contribution in [2.45, 2.75) is 32.4 Å². The zero-order chi connectivity index (χ0) is 13.2. The Bertz CT molecular complexity index is 577. The first-order valence-electron chi connectivity index (χ1n) is 6.75. The molecule has 0 fully saturated rings. The zero-order valence-electron chi connectivity index (χ0n) is 11.1. The van der Waals surface area contributed by atoms with Gasteiger partial charge >= 0.3 is 0 Å². The summed E-state index contributed by atoms with van der Waals surface area (Å²) in [7, 11) is 0. The average molecular weight is 257 g/mol. The van der Waals surface area contributed by atoms with E-state index in [4.69, 9.17) is 5.11 Å². The number of anilines is 1. The van der Waals surface area contributed by atoms with Crippen LogP contribution in [0.5, 0.6) is 0 Å². The highest BCUT2D eigenvalue weighted by Crippen LogP contribution is 2.34. The standard InChI is InChI=1S/C15H19N3O/c1-11-2-3-12-4-5-15(14(12)8-11)17-13-9-16-18(10-13)6-7-19/h2-3,8-10,15,17,19H,4-7H2,1H3. The smallest absolute Gasteiger partial charge is 0.0731 e. The van der Waals surface area contributed by atoms with Crippen molar-refractivity contribution >= 4 is 5.69 Å². The van der Waals surface area contributed by atoms with Crippen molar-refractivity contribution in [2.75, 3.05) is 11.9 Å². The first kappa shape index (κ1) is 12.2. The molecule has 19 heavy (non-hydrogen) atoms. The molecule has 0 radical (unpaired) electrons. The van der Waals surface area contributed by atoms with Crippen molar-refractivity contribution < 1.29 is 5.11 Å². The average Bonchev–Trinajstić information content (AvgIpc) is 2.98. The molecule has 4 heteroatoms. The molecule has 1 aliphatic carbocycles. The summed E-state index contributed by atoms with van der Waals surface area (Å²) in [6.07, 6.45) is 6.04. The van der Waals surface area contributed by atoms with Crippen LogP contribution in [0.4, 0.5) is 5.69 Å². The Morgan fingerprint density at radius 3 is 3.21 bits per heavy atom. The summed E-state index contributed by atoms with van der Waals surface area (Å²) in [5.74, 6) is 0. The Kier molecular flexibility index (Phi) is 3.25. The predicted octanol–water partition coefficient (Wildman–Crippen LogP) is 2.28. The number of rotatable bonds is 4. The van der Waals surface area contributed by atoms with Crippen molar-refractivity contribution in [1.29, 1.82) is 0 Å². The van der Waals surface area contributed by atoms with Crippen LogP contribution in [0.15, 0.2) is 30.6 Å². The van der Waals surface area contributed by atoms with Gasteiger partial charge < -0.3 is 10.4 Å². The van der Waals surface area contributed by atoms with Crippen molar-refractivity contribution in [3.63, 3.8) is 0 Å². The number of nitrogens with zero attached hydrogens (tertiary/aromatic N) is 2. The number of hydrogen-bond acceptors (Lipinski definition) is 3. The van der Waals surface area contributed by atoms with E-state index < -0.39 is 0 Å². The van der Waals surface area contributed by atoms with E-state index in [2.05, 4.69) is 35.5 Å². The second-order valence-electron chi connectivity index (χ2n) is 5.15. The quantitative estimate of drug-likeness (QED) is 0.883. The third kappa shape index (κ3) is 2.49. The molecule has 1 heterocycles. The number of aromatic nitrogens is 2. The number of hydrogen-bond donors (Lipinski definition) is 2. The molecule has 3 rings (SSSR count). The van der Waals surface area contributed by atoms with Crippen LogP contribution in [0.25, 0.3) is 0 Å². The van der Waals surface area contributed by atoms with E-state index in [1.54, 1.807) is 4.68 Å². The van der Waals surface area contributed by atoms with Crippen LogP contribution in [0.3, 0.4) is 0 Å². The molecule has 2 aromatic rings. The summed E-state index contributed by atoms with van der Waals surface area (Å²) in [6, 6.07) is 7.07. The van der Waals surface area contributed by atoms with Gasteiger partial charge in [0.2, 0.25) is 0 Å². The monoisotopic (exact) mass is 257 g/mol. The van der Waals surface area contributed by atoms with Gasteiger partial charge in [0.25, 0.3) is 0 Å². The fraction of sp³-hybridized carbons (Fsp3) is 0.400. The lowest BCUT2D eigenvalue weighted by Crippen LogP contribution is -2.07. The summed E-state index contributed by atoms with van der Waals surface area (Å²) in [4.78, 5) is 0. The minimum atomic E-state index is 0.118. The maximum atomic E-state index is 8.89. The molecule has 1 atom stereocenters. The van der Waals surface area contributed by atoms with Gasteiger partial charge in [-0.15, -0.1) is 0 Å². The lowest BCUT2D eigenvalue weighted by Gasteiger charge is -2.14. The fourth-order valence-corrected chi connectivity index (χ4v) is 2.74. The Labute approximate surface area is 113 Å². The molecule has 2 N–H and O–H groups in total. The zero-order valence-corrected chi connectivity index (χ0v) is 11.1. The minimum Gasteiger partial charge on any atom is -0.394 e. The van der Waals surface area contributed by atoms with E-state index in [-0.39, 0.29) is 6.61 Å². The molecular weight excluding hydrogens is 238 g/mol. The number of nitrogens with one attached hydrogen (secondary N) is 1. The van der Waals surface area contributed by atoms with Gasteiger partial charge in [0.15, 0.2) is 0 Å². The molecule has 0 saturated carbocycles. The first-order valence-corrected chi connectivity index (χ1v) is 6.75. The van der Waals surface area contributed by atoms with Crippen LogP contribution < -0.4 is 5.32 Å². The highest BCUT2D eigenvalue weighted by molar-refractivity contribution is 5.46. The van der Waals surface area contributed by atoms with Gasteiger partial charge in [-0.1, -0.05) is 23.8 Å². The van der Waals surface area contributed by atoms with Crippen LogP contribution in [0, 0.1) is 6.92 Å². The second kappa shape index (κ2) is 5.05. The van der Waals surface area contributed by atoms with Crippen molar-refractivity contribution in [3.05, 3.63) is 47.3 Å². The Morgan fingerprint density at radius 2 is 2.37 bits per heavy atom. The van der Waals surface area contributed by atoms with Gasteiger partial charge in [-0.05, 0) is 30.9 Å². The highest BCUT2D eigenvalue weighted by Gasteiger charge is 2.22. The predicted molar refractivity (Wildman–Crippen MR) is 75.2 cm³/mol. The third-order valence-electron chi connectivity index (χ3n) is 3.68. The van der Waals surface area contributed by atoms with Gasteiger partial charge in [0, 0.05) is 6.20 Å². The summed E-state index contributed by atoms with van der Waals surface area (Å²) in [5.41, 5.74) is 5.19. The van der Waals surface area contributed by atoms with E-state index >= 15 is 0 Å². The summed E-state index contributed by atoms with van der Waals surface area (Å²) in [6.45, 7) is 2.80. The van der Waals surface area contributed by atoms with E-state index in [1.165, 1.54) is 16.7 Å². The minimum absolute atomic E-state index is 0.118. The molecule has 0 bridgehead atoms. The molecule has 1 aromatic carbocycles. The topological polar surface area (TPSA) is 50.1 Å². The fourth-order valence-electron chi connectivity index (χ4n) is 2.74. The lowest BCUT2D eigenvalue weighted by molar-refractivity contribution is 0.269. The summed E-state index contributed by atoms with van der Waals surface area (Å²) in [5, 5.41) is 16.6. The molecule has 0 amide bonds. The van der Waals surface area contributed by atoms with Crippen LogP contribution in [-0.4, -0.2) is 21.5 Å². The lowest BCUT2D eigenvalue weighted by atomic mass is 10.1. The molecule has 1 aromatic heterocycles. The van der Waals surface area contributed by atoms with Gasteiger partial charge in [0.1, 0.15) is 0 Å². The SMILES string of the molecule is Cc1ccc2c(c1)C(Nc1cnn(CCO)c1)CC2. The molecule has 100 valence electrons. The largest absolute Gasteiger partial charge is 0.394 e. The number of fused-ring (bicyclic) bond motifs is 1. The van der Waals surface area contributed by atoms with E-state index in [0.717, 1.165) is 18.5 Å². The van der Waals surface area contributed by atoms with E-state index in [9.17, 15) is 0 Å². The Balaban J connectivity index is 1.76. The van der Waals surface area contributed by atoms with Crippen LogP contribution in [0.1, 0.15) is 29.2 Å². The molecule has 4 nitrogen and oxygen atoms in total. The van der Waals surface area contributed by atoms with E-state index in [1.807, 2.05) is 12.4 Å². The third-order valence-corrected chi connectivity index (χ3v) is 3.68. The van der Waals surface area contributed by atoms with Crippen molar-refractivity contribution in [1.82, 2.24) is 9.78 Å². The molecule has 0 aliphatic heterocycles. The van der Waals surface area contributed by atoms with Gasteiger partial charge in [-0.2, -0.15) is 5.10 Å². The second-order valence-corrected chi connectivity index (χ2v) is 5.15. The summed E-state index contributed by atoms with van der Waals surface area (Å²) >= 11 is 0. The highest BCUT2D eigenvalue weighted by atomic mass is 16.3. The first-order chi connectivity index (χ1) is 9.26. The molecule has 1 aliphatic rings. The maximum Gasteiger partial charge on any atom is 0.0731 e. The number of aliphatic hydroxyl groups excluding tert-OH is 1. The molecule has 0 saturated heterocycles. The molecular formula is C15H19N3O. The van der Waals surface area contributed by atoms with Crippen LogP contribution >= 0.6 is 0 Å². The molecule has 0 spiro atoms. The van der Waals surface area contributed by atoms with Crippen molar-refractivity contribution in [2.24, 2.45) is 0 Å². The van der Waals surface area contributed by atoms with Gasteiger partial charge in [-0.25, -0.2) is 0 Å². The Morgan fingerprint density at radius 1 is 1.47 bits per heavy atom. The normalized spacial score (nSPS) is 17.5. The van der Waals surface area contributed by atoms with Gasteiger partial charge in [0.05, 0.1) is 31.1 Å². The number of benzene rings is 1. The van der Waals surface area contributed by atoms with Crippen LogP contribution in [-0.2, 0) is 13.0 Å². The van der Waals surface area contributed by atoms with Crippen LogP contribution in [0.2, 0.25) is 0 Å². The van der Waals surface area contributed by atoms with E-state index in [0.29, 0.717) is 12.6 Å². The molecule has 1 unspecified atom stereocenters.